The lowest BCUT2D eigenvalue weighted by Gasteiger charge is -2.06. The first kappa shape index (κ1) is 17.2. The summed E-state index contributed by atoms with van der Waals surface area (Å²) in [4.78, 5) is 12.1. The number of hydrogen-bond donors (Lipinski definition) is 1. The van der Waals surface area contributed by atoms with Gasteiger partial charge < -0.3 is 4.74 Å². The maximum absolute atomic E-state index is 12.1. The highest BCUT2D eigenvalue weighted by atomic mass is 16.5. The number of nitrogens with one attached hydrogen (secondary N) is 1. The summed E-state index contributed by atoms with van der Waals surface area (Å²) in [5.41, 5.74) is 4.79. The van der Waals surface area contributed by atoms with E-state index >= 15 is 0 Å². The number of rotatable bonds is 6. The van der Waals surface area contributed by atoms with Crippen molar-refractivity contribution in [2.75, 3.05) is 7.11 Å². The Balaban J connectivity index is 1.92. The third-order valence-corrected chi connectivity index (χ3v) is 3.22. The largest absolute Gasteiger partial charge is 0.496 e. The molecule has 0 heterocycles. The van der Waals surface area contributed by atoms with E-state index in [1.54, 1.807) is 18.2 Å². The van der Waals surface area contributed by atoms with E-state index in [4.69, 9.17) is 4.74 Å². The van der Waals surface area contributed by atoms with E-state index in [9.17, 15) is 4.79 Å². The van der Waals surface area contributed by atoms with Crippen molar-refractivity contribution in [3.05, 3.63) is 84.0 Å². The first-order valence-electron chi connectivity index (χ1n) is 7.58. The number of allylic oxidation sites excluding steroid dienone is 3. The number of methoxy groups -OCH3 is 1. The highest BCUT2D eigenvalue weighted by molar-refractivity contribution is 5.99. The zero-order chi connectivity index (χ0) is 17.2. The summed E-state index contributed by atoms with van der Waals surface area (Å²) in [6.07, 6.45) is 7.62. The molecule has 2 rings (SSSR count). The Labute approximate surface area is 142 Å². The van der Waals surface area contributed by atoms with Crippen LogP contribution >= 0.6 is 0 Å². The lowest BCUT2D eigenvalue weighted by atomic mass is 10.2. The fraction of sp³-hybridized carbons (Fsp3) is 0.100. The molecule has 4 heteroatoms. The molecule has 0 fully saturated rings. The molecule has 0 aliphatic carbocycles. The van der Waals surface area contributed by atoms with Crippen molar-refractivity contribution >= 4 is 17.7 Å². The van der Waals surface area contributed by atoms with Gasteiger partial charge in [0.2, 0.25) is 0 Å². The van der Waals surface area contributed by atoms with E-state index < -0.39 is 0 Å². The second-order valence-corrected chi connectivity index (χ2v) is 5.02. The van der Waals surface area contributed by atoms with Crippen LogP contribution in [0.4, 0.5) is 0 Å². The first-order valence-corrected chi connectivity index (χ1v) is 7.58. The Hall–Kier alpha value is -3.14. The Morgan fingerprint density at radius 1 is 1.04 bits per heavy atom. The van der Waals surface area contributed by atoms with Crippen LogP contribution in [0, 0.1) is 0 Å². The average molecular weight is 320 g/mol. The van der Waals surface area contributed by atoms with Gasteiger partial charge in [0, 0.05) is 0 Å². The molecule has 0 aromatic heterocycles. The quantitative estimate of drug-likeness (QED) is 0.495. The molecule has 0 atom stereocenters. The van der Waals surface area contributed by atoms with Crippen LogP contribution in [0.25, 0.3) is 6.08 Å². The Morgan fingerprint density at radius 2 is 1.75 bits per heavy atom. The SMILES string of the molecule is COc1ccccc1C(=O)NN=C(C)C=CC=Cc1ccccc1. The number of para-hydroxylation sites is 1. The minimum absolute atomic E-state index is 0.306. The van der Waals surface area contributed by atoms with Crippen molar-refractivity contribution in [2.45, 2.75) is 6.92 Å². The standard InChI is InChI=1S/C20H20N2O2/c1-16(10-6-7-13-17-11-4-3-5-12-17)21-22-20(23)18-14-8-9-15-19(18)24-2/h3-15H,1-2H3,(H,22,23). The summed E-state index contributed by atoms with van der Waals surface area (Å²) in [7, 11) is 1.53. The van der Waals surface area contributed by atoms with Crippen LogP contribution < -0.4 is 10.2 Å². The Kier molecular flexibility index (Phi) is 6.53. The van der Waals surface area contributed by atoms with E-state index in [1.807, 2.05) is 67.6 Å². The number of hydrogen-bond acceptors (Lipinski definition) is 3. The average Bonchev–Trinajstić information content (AvgIpc) is 2.64. The molecule has 0 unspecified atom stereocenters. The van der Waals surface area contributed by atoms with E-state index in [-0.39, 0.29) is 5.91 Å². The molecule has 0 aliphatic heterocycles. The molecule has 1 amide bonds. The lowest BCUT2D eigenvalue weighted by Crippen LogP contribution is -2.19. The summed E-state index contributed by atoms with van der Waals surface area (Å²) in [6.45, 7) is 1.81. The van der Waals surface area contributed by atoms with Crippen LogP contribution in [0.1, 0.15) is 22.8 Å². The summed E-state index contributed by atoms with van der Waals surface area (Å²) in [6, 6.07) is 17.0. The van der Waals surface area contributed by atoms with Gasteiger partial charge in [-0.1, -0.05) is 60.7 Å². The van der Waals surface area contributed by atoms with Gasteiger partial charge in [-0.2, -0.15) is 5.10 Å². The number of carbonyl (C=O) groups is 1. The van der Waals surface area contributed by atoms with Crippen molar-refractivity contribution in [1.29, 1.82) is 0 Å². The van der Waals surface area contributed by atoms with Crippen molar-refractivity contribution in [3.8, 4) is 5.75 Å². The van der Waals surface area contributed by atoms with Gasteiger partial charge in [0.05, 0.1) is 18.4 Å². The molecule has 24 heavy (non-hydrogen) atoms. The van der Waals surface area contributed by atoms with Gasteiger partial charge in [-0.25, -0.2) is 5.43 Å². The molecule has 4 nitrogen and oxygen atoms in total. The van der Waals surface area contributed by atoms with E-state index in [0.717, 1.165) is 5.56 Å². The zero-order valence-electron chi connectivity index (χ0n) is 13.8. The molecule has 0 radical (unpaired) electrons. The molecule has 0 saturated heterocycles. The molecular weight excluding hydrogens is 300 g/mol. The fourth-order valence-electron chi connectivity index (χ4n) is 1.99. The molecule has 0 aliphatic rings. The molecule has 0 saturated carbocycles. The number of amides is 1. The van der Waals surface area contributed by atoms with Gasteiger partial charge in [0.15, 0.2) is 0 Å². The Bertz CT molecular complexity index is 762. The highest BCUT2D eigenvalue weighted by Crippen LogP contribution is 2.16. The van der Waals surface area contributed by atoms with Crippen LogP contribution in [0.15, 0.2) is 77.9 Å². The number of nitrogens with zero attached hydrogens (tertiary/aromatic N) is 1. The minimum Gasteiger partial charge on any atom is -0.496 e. The minimum atomic E-state index is -0.306. The summed E-state index contributed by atoms with van der Waals surface area (Å²) in [5, 5.41) is 4.06. The predicted molar refractivity (Wildman–Crippen MR) is 98.2 cm³/mol. The number of benzene rings is 2. The monoisotopic (exact) mass is 320 g/mol. The van der Waals surface area contributed by atoms with Gasteiger partial charge in [-0.15, -0.1) is 0 Å². The molecule has 0 spiro atoms. The van der Waals surface area contributed by atoms with Gasteiger partial charge >= 0.3 is 0 Å². The van der Waals surface area contributed by atoms with Crippen molar-refractivity contribution in [1.82, 2.24) is 5.43 Å². The van der Waals surface area contributed by atoms with Crippen LogP contribution in [0.3, 0.4) is 0 Å². The van der Waals surface area contributed by atoms with Crippen molar-refractivity contribution < 1.29 is 9.53 Å². The van der Waals surface area contributed by atoms with Crippen LogP contribution in [0.5, 0.6) is 5.75 Å². The van der Waals surface area contributed by atoms with Crippen LogP contribution in [-0.4, -0.2) is 18.7 Å². The van der Waals surface area contributed by atoms with Crippen LogP contribution in [0.2, 0.25) is 0 Å². The molecule has 2 aromatic rings. The molecule has 0 bridgehead atoms. The number of hydrazone groups is 1. The topological polar surface area (TPSA) is 50.7 Å². The molecule has 2 aromatic carbocycles. The second-order valence-electron chi connectivity index (χ2n) is 5.02. The number of ether oxygens (including phenoxy) is 1. The molecule has 1 N–H and O–H groups in total. The van der Waals surface area contributed by atoms with Gasteiger partial charge in [0.1, 0.15) is 5.75 Å². The maximum Gasteiger partial charge on any atom is 0.275 e. The normalized spacial score (nSPS) is 11.8. The third kappa shape index (κ3) is 5.25. The first-order chi connectivity index (χ1) is 11.7. The summed E-state index contributed by atoms with van der Waals surface area (Å²) < 4.78 is 5.16. The highest BCUT2D eigenvalue weighted by Gasteiger charge is 2.10. The van der Waals surface area contributed by atoms with Gasteiger partial charge in [-0.05, 0) is 30.7 Å². The lowest BCUT2D eigenvalue weighted by molar-refractivity contribution is 0.0952. The summed E-state index contributed by atoms with van der Waals surface area (Å²) in [5.74, 6) is 0.212. The second kappa shape index (κ2) is 9.10. The van der Waals surface area contributed by atoms with Crippen molar-refractivity contribution in [3.63, 3.8) is 0 Å². The van der Waals surface area contributed by atoms with E-state index in [0.29, 0.717) is 17.0 Å². The fourth-order valence-corrected chi connectivity index (χ4v) is 1.99. The van der Waals surface area contributed by atoms with E-state index in [1.165, 1.54) is 7.11 Å². The third-order valence-electron chi connectivity index (χ3n) is 3.22. The number of carbonyl (C=O) groups excluding carboxylic acids is 1. The van der Waals surface area contributed by atoms with E-state index in [2.05, 4.69) is 10.5 Å². The predicted octanol–water partition coefficient (Wildman–Crippen LogP) is 4.07. The van der Waals surface area contributed by atoms with Gasteiger partial charge in [-0.3, -0.25) is 4.79 Å². The van der Waals surface area contributed by atoms with Crippen molar-refractivity contribution in [2.24, 2.45) is 5.10 Å². The van der Waals surface area contributed by atoms with Crippen LogP contribution in [-0.2, 0) is 0 Å². The Morgan fingerprint density at radius 3 is 2.50 bits per heavy atom. The maximum atomic E-state index is 12.1. The molecular formula is C20H20N2O2. The smallest absolute Gasteiger partial charge is 0.275 e. The molecule has 122 valence electrons. The zero-order valence-corrected chi connectivity index (χ0v) is 13.8. The van der Waals surface area contributed by atoms with Gasteiger partial charge in [0.25, 0.3) is 5.91 Å². The summed E-state index contributed by atoms with van der Waals surface area (Å²) >= 11 is 0.